The van der Waals surface area contributed by atoms with Crippen LogP contribution in [0.15, 0.2) is 15.5 Å². The van der Waals surface area contributed by atoms with Crippen molar-refractivity contribution in [3.63, 3.8) is 0 Å². The van der Waals surface area contributed by atoms with Gasteiger partial charge in [0.05, 0.1) is 5.56 Å². The molecule has 0 aromatic carbocycles. The first kappa shape index (κ1) is 13.3. The van der Waals surface area contributed by atoms with Crippen LogP contribution in [0.3, 0.4) is 0 Å². The van der Waals surface area contributed by atoms with Crippen LogP contribution in [0, 0.1) is 6.92 Å². The molecular weight excluding hydrogens is 246 g/mol. The van der Waals surface area contributed by atoms with Gasteiger partial charge < -0.3 is 14.3 Å². The zero-order chi connectivity index (χ0) is 14.2. The molecule has 2 aromatic heterocycles. The van der Waals surface area contributed by atoms with Gasteiger partial charge in [-0.2, -0.15) is 0 Å². The molecule has 6 heteroatoms. The average Bonchev–Trinajstić information content (AvgIpc) is 2.71. The lowest BCUT2D eigenvalue weighted by Gasteiger charge is -2.10. The molecule has 0 radical (unpaired) electrons. The smallest absolute Gasteiger partial charge is 0.265 e. The SMILES string of the molecule is CC[C@H](C)NC(=O)c1c(C)oc2ncn(C)c(=O)c12. The van der Waals surface area contributed by atoms with Crippen molar-refractivity contribution in [3.05, 3.63) is 28.0 Å². The zero-order valence-electron chi connectivity index (χ0n) is 11.5. The molecule has 102 valence electrons. The van der Waals surface area contributed by atoms with E-state index in [9.17, 15) is 9.59 Å². The molecule has 6 nitrogen and oxygen atoms in total. The number of carbonyl (C=O) groups excluding carboxylic acids is 1. The van der Waals surface area contributed by atoms with Crippen LogP contribution in [-0.2, 0) is 7.05 Å². The molecular formula is C13H17N3O3. The predicted molar refractivity (Wildman–Crippen MR) is 71.2 cm³/mol. The summed E-state index contributed by atoms with van der Waals surface area (Å²) in [5.41, 5.74) is 0.204. The number of amides is 1. The van der Waals surface area contributed by atoms with Gasteiger partial charge >= 0.3 is 0 Å². The van der Waals surface area contributed by atoms with Crippen LogP contribution < -0.4 is 10.9 Å². The van der Waals surface area contributed by atoms with Gasteiger partial charge in [0.25, 0.3) is 11.5 Å². The van der Waals surface area contributed by atoms with E-state index in [0.29, 0.717) is 5.76 Å². The highest BCUT2D eigenvalue weighted by molar-refractivity contribution is 6.06. The third-order valence-corrected chi connectivity index (χ3v) is 3.17. The summed E-state index contributed by atoms with van der Waals surface area (Å²) in [5.74, 6) is 0.113. The van der Waals surface area contributed by atoms with Gasteiger partial charge in [0.2, 0.25) is 5.71 Å². The number of hydrogen-bond donors (Lipinski definition) is 1. The average molecular weight is 263 g/mol. The molecule has 2 rings (SSSR count). The van der Waals surface area contributed by atoms with Gasteiger partial charge in [0, 0.05) is 13.1 Å². The van der Waals surface area contributed by atoms with Gasteiger partial charge in [-0.3, -0.25) is 9.59 Å². The van der Waals surface area contributed by atoms with Gasteiger partial charge in [0.15, 0.2) is 0 Å². The first-order valence-electron chi connectivity index (χ1n) is 6.21. The molecule has 0 spiro atoms. The van der Waals surface area contributed by atoms with E-state index in [-0.39, 0.29) is 34.2 Å². The Kier molecular flexibility index (Phi) is 3.42. The summed E-state index contributed by atoms with van der Waals surface area (Å²) < 4.78 is 6.72. The summed E-state index contributed by atoms with van der Waals surface area (Å²) >= 11 is 0. The number of carbonyl (C=O) groups is 1. The zero-order valence-corrected chi connectivity index (χ0v) is 11.5. The van der Waals surface area contributed by atoms with E-state index >= 15 is 0 Å². The molecule has 0 aliphatic rings. The summed E-state index contributed by atoms with van der Waals surface area (Å²) in [6.45, 7) is 5.55. The molecule has 1 atom stereocenters. The van der Waals surface area contributed by atoms with Crippen molar-refractivity contribution in [3.8, 4) is 0 Å². The minimum atomic E-state index is -0.296. The Morgan fingerprint density at radius 1 is 1.58 bits per heavy atom. The Hall–Kier alpha value is -2.11. The third-order valence-electron chi connectivity index (χ3n) is 3.17. The molecule has 0 unspecified atom stereocenters. The van der Waals surface area contributed by atoms with E-state index in [1.165, 1.54) is 10.9 Å². The maximum Gasteiger partial charge on any atom is 0.265 e. The highest BCUT2D eigenvalue weighted by Crippen LogP contribution is 2.20. The van der Waals surface area contributed by atoms with Crippen molar-refractivity contribution in [2.24, 2.45) is 7.05 Å². The van der Waals surface area contributed by atoms with E-state index in [1.807, 2.05) is 13.8 Å². The van der Waals surface area contributed by atoms with Crippen molar-refractivity contribution >= 4 is 17.0 Å². The van der Waals surface area contributed by atoms with Crippen molar-refractivity contribution in [2.45, 2.75) is 33.2 Å². The quantitative estimate of drug-likeness (QED) is 0.907. The molecule has 0 fully saturated rings. The van der Waals surface area contributed by atoms with E-state index in [4.69, 9.17) is 4.42 Å². The summed E-state index contributed by atoms with van der Waals surface area (Å²) in [5, 5.41) is 3.08. The number of aryl methyl sites for hydroxylation is 2. The Labute approximate surface area is 110 Å². The molecule has 0 bridgehead atoms. The number of furan rings is 1. The van der Waals surface area contributed by atoms with Crippen molar-refractivity contribution < 1.29 is 9.21 Å². The van der Waals surface area contributed by atoms with Gasteiger partial charge in [-0.25, -0.2) is 4.98 Å². The maximum absolute atomic E-state index is 12.2. The first-order valence-corrected chi connectivity index (χ1v) is 6.21. The lowest BCUT2D eigenvalue weighted by molar-refractivity contribution is 0.0939. The normalized spacial score (nSPS) is 12.6. The molecule has 0 aliphatic heterocycles. The van der Waals surface area contributed by atoms with Gasteiger partial charge in [-0.05, 0) is 20.3 Å². The van der Waals surface area contributed by atoms with Gasteiger partial charge in [-0.15, -0.1) is 0 Å². The molecule has 0 saturated carbocycles. The second-order valence-electron chi connectivity index (χ2n) is 4.66. The minimum Gasteiger partial charge on any atom is -0.442 e. The first-order chi connectivity index (χ1) is 8.95. The molecule has 19 heavy (non-hydrogen) atoms. The van der Waals surface area contributed by atoms with Crippen LogP contribution in [0.1, 0.15) is 36.4 Å². The monoisotopic (exact) mass is 263 g/mol. The molecule has 1 amide bonds. The van der Waals surface area contributed by atoms with E-state index in [0.717, 1.165) is 6.42 Å². The Morgan fingerprint density at radius 3 is 2.89 bits per heavy atom. The topological polar surface area (TPSA) is 77.1 Å². The van der Waals surface area contributed by atoms with Crippen LogP contribution in [0.2, 0.25) is 0 Å². The van der Waals surface area contributed by atoms with Crippen LogP contribution in [-0.4, -0.2) is 21.5 Å². The standard InChI is InChI=1S/C13H17N3O3/c1-5-7(2)15-11(17)9-8(3)19-12-10(9)13(18)16(4)6-14-12/h6-7H,5H2,1-4H3,(H,15,17)/t7-/m0/s1. The number of fused-ring (bicyclic) bond motifs is 1. The van der Waals surface area contributed by atoms with Crippen LogP contribution in [0.25, 0.3) is 11.1 Å². The van der Waals surface area contributed by atoms with E-state index < -0.39 is 0 Å². The van der Waals surface area contributed by atoms with Crippen LogP contribution >= 0.6 is 0 Å². The number of rotatable bonds is 3. The Bertz CT molecular complexity index is 684. The fraction of sp³-hybridized carbons (Fsp3) is 0.462. The molecule has 1 N–H and O–H groups in total. The van der Waals surface area contributed by atoms with Crippen molar-refractivity contribution in [1.82, 2.24) is 14.9 Å². The van der Waals surface area contributed by atoms with Crippen molar-refractivity contribution in [2.75, 3.05) is 0 Å². The lowest BCUT2D eigenvalue weighted by atomic mass is 10.1. The molecule has 2 aromatic rings. The largest absolute Gasteiger partial charge is 0.442 e. The molecule has 2 heterocycles. The number of hydrogen-bond acceptors (Lipinski definition) is 4. The molecule has 0 saturated heterocycles. The fourth-order valence-corrected chi connectivity index (χ4v) is 1.86. The highest BCUT2D eigenvalue weighted by Gasteiger charge is 2.22. The summed E-state index contributed by atoms with van der Waals surface area (Å²) in [6, 6.07) is 0.0392. The van der Waals surface area contributed by atoms with Crippen LogP contribution in [0.4, 0.5) is 0 Å². The second-order valence-corrected chi connectivity index (χ2v) is 4.66. The Morgan fingerprint density at radius 2 is 2.26 bits per heavy atom. The van der Waals surface area contributed by atoms with Gasteiger partial charge in [-0.1, -0.05) is 6.92 Å². The molecule has 0 aliphatic carbocycles. The van der Waals surface area contributed by atoms with Gasteiger partial charge in [0.1, 0.15) is 17.5 Å². The van der Waals surface area contributed by atoms with E-state index in [2.05, 4.69) is 10.3 Å². The number of nitrogens with one attached hydrogen (secondary N) is 1. The lowest BCUT2D eigenvalue weighted by Crippen LogP contribution is -2.33. The maximum atomic E-state index is 12.2. The number of nitrogens with zero attached hydrogens (tertiary/aromatic N) is 2. The fourth-order valence-electron chi connectivity index (χ4n) is 1.86. The Balaban J connectivity index is 2.60. The summed E-state index contributed by atoms with van der Waals surface area (Å²) in [7, 11) is 1.59. The van der Waals surface area contributed by atoms with Crippen molar-refractivity contribution in [1.29, 1.82) is 0 Å². The van der Waals surface area contributed by atoms with Crippen LogP contribution in [0.5, 0.6) is 0 Å². The third kappa shape index (κ3) is 2.25. The van der Waals surface area contributed by atoms with E-state index in [1.54, 1.807) is 14.0 Å². The highest BCUT2D eigenvalue weighted by atomic mass is 16.3. The summed E-state index contributed by atoms with van der Waals surface area (Å²) in [4.78, 5) is 28.4. The minimum absolute atomic E-state index is 0.0392. The predicted octanol–water partition coefficient (Wildman–Crippen LogP) is 1.36. The summed E-state index contributed by atoms with van der Waals surface area (Å²) in [6.07, 6.45) is 2.20. The second kappa shape index (κ2) is 4.87. The number of aromatic nitrogens is 2.